The van der Waals surface area contributed by atoms with Gasteiger partial charge in [-0.25, -0.2) is 0 Å². The number of thiophene rings is 1. The van der Waals surface area contributed by atoms with Crippen LogP contribution in [0.4, 0.5) is 5.13 Å². The topological polar surface area (TPSA) is 54.9 Å². The molecule has 0 radical (unpaired) electrons. The second-order valence-electron chi connectivity index (χ2n) is 3.84. The molecule has 0 saturated heterocycles. The zero-order valence-electron chi connectivity index (χ0n) is 10.0. The van der Waals surface area contributed by atoms with Crippen LogP contribution < -0.4 is 5.32 Å². The Morgan fingerprint density at radius 1 is 1.50 bits per heavy atom. The van der Waals surface area contributed by atoms with Crippen molar-refractivity contribution in [3.8, 4) is 0 Å². The Labute approximate surface area is 118 Å². The van der Waals surface area contributed by atoms with Crippen molar-refractivity contribution in [1.82, 2.24) is 10.2 Å². The number of hydrogen-bond donors (Lipinski definition) is 1. The SMILES string of the molecule is CC(C)Sc1nnc(NC(=O)Cc2cccs2)s1. The standard InChI is InChI=1S/C11H13N3OS3/c1-7(2)17-11-14-13-10(18-11)12-9(15)6-8-4-3-5-16-8/h3-5,7H,6H2,1-2H3,(H,12,13,15). The van der Waals surface area contributed by atoms with Gasteiger partial charge in [-0.15, -0.1) is 21.5 Å². The van der Waals surface area contributed by atoms with Gasteiger partial charge in [0.05, 0.1) is 6.42 Å². The van der Waals surface area contributed by atoms with Gasteiger partial charge in [-0.2, -0.15) is 0 Å². The van der Waals surface area contributed by atoms with Crippen LogP contribution in [0.3, 0.4) is 0 Å². The number of hydrogen-bond acceptors (Lipinski definition) is 6. The molecule has 1 amide bonds. The smallest absolute Gasteiger partial charge is 0.231 e. The average Bonchev–Trinajstić information content (AvgIpc) is 2.89. The molecule has 0 fully saturated rings. The van der Waals surface area contributed by atoms with E-state index in [-0.39, 0.29) is 5.91 Å². The zero-order chi connectivity index (χ0) is 13.0. The highest BCUT2D eigenvalue weighted by atomic mass is 32.2. The van der Waals surface area contributed by atoms with E-state index in [1.165, 1.54) is 11.3 Å². The normalized spacial score (nSPS) is 10.8. The summed E-state index contributed by atoms with van der Waals surface area (Å²) in [6, 6.07) is 3.89. The third kappa shape index (κ3) is 4.08. The van der Waals surface area contributed by atoms with Crippen LogP contribution in [0.2, 0.25) is 0 Å². The van der Waals surface area contributed by atoms with Crippen molar-refractivity contribution in [2.24, 2.45) is 0 Å². The molecule has 7 heteroatoms. The largest absolute Gasteiger partial charge is 0.300 e. The molecule has 2 rings (SSSR count). The summed E-state index contributed by atoms with van der Waals surface area (Å²) in [5.74, 6) is -0.0466. The Balaban J connectivity index is 1.89. The van der Waals surface area contributed by atoms with Gasteiger partial charge in [-0.3, -0.25) is 4.79 Å². The molecule has 0 aliphatic heterocycles. The Morgan fingerprint density at radius 2 is 2.33 bits per heavy atom. The molecule has 2 aromatic heterocycles. The fourth-order valence-electron chi connectivity index (χ4n) is 1.24. The van der Waals surface area contributed by atoms with E-state index in [4.69, 9.17) is 0 Å². The van der Waals surface area contributed by atoms with Gasteiger partial charge in [0.15, 0.2) is 4.34 Å². The maximum atomic E-state index is 11.7. The summed E-state index contributed by atoms with van der Waals surface area (Å²) in [6.07, 6.45) is 0.393. The first-order valence-corrected chi connectivity index (χ1v) is 8.03. The lowest BCUT2D eigenvalue weighted by atomic mass is 10.3. The Morgan fingerprint density at radius 3 is 3.00 bits per heavy atom. The van der Waals surface area contributed by atoms with Gasteiger partial charge >= 0.3 is 0 Å². The highest BCUT2D eigenvalue weighted by Gasteiger charge is 2.10. The van der Waals surface area contributed by atoms with E-state index in [1.54, 1.807) is 23.1 Å². The summed E-state index contributed by atoms with van der Waals surface area (Å²) in [5, 5.41) is 13.8. The van der Waals surface area contributed by atoms with Crippen LogP contribution in [-0.2, 0) is 11.2 Å². The number of amides is 1. The van der Waals surface area contributed by atoms with Crippen LogP contribution >= 0.6 is 34.4 Å². The number of rotatable bonds is 5. The second-order valence-corrected chi connectivity index (χ2v) is 7.68. The van der Waals surface area contributed by atoms with E-state index < -0.39 is 0 Å². The van der Waals surface area contributed by atoms with Crippen LogP contribution in [-0.4, -0.2) is 21.4 Å². The van der Waals surface area contributed by atoms with E-state index in [9.17, 15) is 4.79 Å². The van der Waals surface area contributed by atoms with E-state index in [2.05, 4.69) is 29.4 Å². The molecule has 1 N–H and O–H groups in total. The first kappa shape index (κ1) is 13.5. The number of nitrogens with one attached hydrogen (secondary N) is 1. The summed E-state index contributed by atoms with van der Waals surface area (Å²) in [5.41, 5.74) is 0. The molecule has 0 unspecified atom stereocenters. The highest BCUT2D eigenvalue weighted by molar-refractivity contribution is 8.01. The molecule has 4 nitrogen and oxygen atoms in total. The Bertz CT molecular complexity index is 507. The first-order chi connectivity index (χ1) is 8.63. The molecule has 18 heavy (non-hydrogen) atoms. The summed E-state index contributed by atoms with van der Waals surface area (Å²) in [4.78, 5) is 12.8. The number of carbonyl (C=O) groups is 1. The number of aromatic nitrogens is 2. The van der Waals surface area contributed by atoms with Crippen LogP contribution in [0, 0.1) is 0 Å². The molecular formula is C11H13N3OS3. The molecule has 0 aliphatic carbocycles. The molecular weight excluding hydrogens is 286 g/mol. The van der Waals surface area contributed by atoms with Crippen molar-refractivity contribution in [2.45, 2.75) is 29.9 Å². The number of nitrogens with zero attached hydrogens (tertiary/aromatic N) is 2. The van der Waals surface area contributed by atoms with Crippen LogP contribution in [0.15, 0.2) is 21.9 Å². The molecule has 0 aliphatic rings. The fraction of sp³-hybridized carbons (Fsp3) is 0.364. The lowest BCUT2D eigenvalue weighted by molar-refractivity contribution is -0.115. The maximum absolute atomic E-state index is 11.7. The molecule has 2 heterocycles. The van der Waals surface area contributed by atoms with Gasteiger partial charge in [-0.05, 0) is 11.4 Å². The number of carbonyl (C=O) groups excluding carboxylic acids is 1. The van der Waals surface area contributed by atoms with Crippen LogP contribution in [0.5, 0.6) is 0 Å². The van der Waals surface area contributed by atoms with Crippen molar-refractivity contribution < 1.29 is 4.79 Å². The van der Waals surface area contributed by atoms with Gasteiger partial charge in [0.1, 0.15) is 0 Å². The third-order valence-electron chi connectivity index (χ3n) is 1.90. The number of thioether (sulfide) groups is 1. The third-order valence-corrected chi connectivity index (χ3v) is 4.71. The minimum Gasteiger partial charge on any atom is -0.300 e. The minimum absolute atomic E-state index is 0.0466. The molecule has 0 spiro atoms. The van der Waals surface area contributed by atoms with Crippen molar-refractivity contribution in [2.75, 3.05) is 5.32 Å². The zero-order valence-corrected chi connectivity index (χ0v) is 12.5. The summed E-state index contributed by atoms with van der Waals surface area (Å²) in [6.45, 7) is 4.20. The monoisotopic (exact) mass is 299 g/mol. The van der Waals surface area contributed by atoms with Crippen molar-refractivity contribution >= 4 is 45.5 Å². The Hall–Kier alpha value is -0.920. The fourth-order valence-corrected chi connectivity index (χ4v) is 3.94. The summed E-state index contributed by atoms with van der Waals surface area (Å²) in [7, 11) is 0. The predicted molar refractivity (Wildman–Crippen MR) is 77.6 cm³/mol. The summed E-state index contributed by atoms with van der Waals surface area (Å²) < 4.78 is 0.886. The minimum atomic E-state index is -0.0466. The van der Waals surface area contributed by atoms with Gasteiger partial charge in [-0.1, -0.05) is 43.0 Å². The second kappa shape index (κ2) is 6.31. The summed E-state index contributed by atoms with van der Waals surface area (Å²) >= 11 is 4.64. The van der Waals surface area contributed by atoms with Gasteiger partial charge in [0, 0.05) is 10.1 Å². The van der Waals surface area contributed by atoms with Crippen LogP contribution in [0.1, 0.15) is 18.7 Å². The molecule has 0 aromatic carbocycles. The lowest BCUT2D eigenvalue weighted by Gasteiger charge is -1.99. The number of anilines is 1. The molecule has 2 aromatic rings. The van der Waals surface area contributed by atoms with Crippen molar-refractivity contribution in [3.05, 3.63) is 22.4 Å². The van der Waals surface area contributed by atoms with E-state index in [1.807, 2.05) is 17.5 Å². The first-order valence-electron chi connectivity index (χ1n) is 5.46. The molecule has 0 atom stereocenters. The quantitative estimate of drug-likeness (QED) is 0.680. The van der Waals surface area contributed by atoms with Crippen LogP contribution in [0.25, 0.3) is 0 Å². The van der Waals surface area contributed by atoms with Crippen molar-refractivity contribution in [3.63, 3.8) is 0 Å². The van der Waals surface area contributed by atoms with Gasteiger partial charge in [0.2, 0.25) is 11.0 Å². The van der Waals surface area contributed by atoms with E-state index in [0.717, 1.165) is 9.22 Å². The predicted octanol–water partition coefficient (Wildman–Crippen LogP) is 3.28. The Kier molecular flexibility index (Phi) is 4.73. The maximum Gasteiger partial charge on any atom is 0.231 e. The molecule has 0 bridgehead atoms. The molecule has 96 valence electrons. The van der Waals surface area contributed by atoms with Crippen molar-refractivity contribution in [1.29, 1.82) is 0 Å². The lowest BCUT2D eigenvalue weighted by Crippen LogP contribution is -2.13. The highest BCUT2D eigenvalue weighted by Crippen LogP contribution is 2.28. The average molecular weight is 299 g/mol. The van der Waals surface area contributed by atoms with Gasteiger partial charge < -0.3 is 5.32 Å². The van der Waals surface area contributed by atoms with Gasteiger partial charge in [0.25, 0.3) is 0 Å². The van der Waals surface area contributed by atoms with E-state index >= 15 is 0 Å². The van der Waals surface area contributed by atoms with E-state index in [0.29, 0.717) is 16.8 Å². The molecule has 0 saturated carbocycles.